The number of aromatic nitrogens is 2. The van der Waals surface area contributed by atoms with Crippen molar-refractivity contribution in [2.75, 3.05) is 0 Å². The maximum absolute atomic E-state index is 13.5. The van der Waals surface area contributed by atoms with Crippen molar-refractivity contribution in [1.82, 2.24) is 9.55 Å². The first-order valence-corrected chi connectivity index (χ1v) is 4.72. The Morgan fingerprint density at radius 2 is 2.25 bits per heavy atom. The molecule has 0 saturated carbocycles. The highest BCUT2D eigenvalue weighted by Gasteiger charge is 2.11. The zero-order valence-electron chi connectivity index (χ0n) is 8.61. The Labute approximate surface area is 90.3 Å². The Kier molecular flexibility index (Phi) is 2.52. The van der Waals surface area contributed by atoms with E-state index in [9.17, 15) is 14.0 Å². The number of hydrogen-bond donors (Lipinski definition) is 0. The molecule has 0 spiro atoms. The molecule has 0 N–H and O–H groups in total. The van der Waals surface area contributed by atoms with Crippen LogP contribution < -0.4 is 5.56 Å². The lowest BCUT2D eigenvalue weighted by Gasteiger charge is -2.08. The van der Waals surface area contributed by atoms with Crippen molar-refractivity contribution in [2.45, 2.75) is 6.42 Å². The van der Waals surface area contributed by atoms with Crippen LogP contribution in [0.5, 0.6) is 0 Å². The van der Waals surface area contributed by atoms with Crippen molar-refractivity contribution in [1.29, 1.82) is 0 Å². The molecule has 0 unspecified atom stereocenters. The fourth-order valence-electron chi connectivity index (χ4n) is 1.68. The number of rotatable bonds is 2. The summed E-state index contributed by atoms with van der Waals surface area (Å²) >= 11 is 0. The van der Waals surface area contributed by atoms with Gasteiger partial charge in [0.15, 0.2) is 0 Å². The number of carbonyl (C=O) groups excluding carboxylic acids is 1. The molecule has 2 rings (SSSR count). The molecule has 2 aromatic heterocycles. The normalized spacial score (nSPS) is 10.6. The molecule has 4 nitrogen and oxygen atoms in total. The molecule has 0 amide bonds. The van der Waals surface area contributed by atoms with Crippen molar-refractivity contribution < 1.29 is 9.18 Å². The molecule has 5 heteroatoms. The van der Waals surface area contributed by atoms with Gasteiger partial charge in [-0.05, 0) is 6.07 Å². The first-order valence-electron chi connectivity index (χ1n) is 4.72. The van der Waals surface area contributed by atoms with Gasteiger partial charge in [0, 0.05) is 25.1 Å². The zero-order valence-corrected chi connectivity index (χ0v) is 8.61. The fourth-order valence-corrected chi connectivity index (χ4v) is 1.68. The quantitative estimate of drug-likeness (QED) is 0.704. The van der Waals surface area contributed by atoms with Gasteiger partial charge >= 0.3 is 0 Å². The number of aldehydes is 1. The van der Waals surface area contributed by atoms with Crippen LogP contribution in [0.25, 0.3) is 11.0 Å². The summed E-state index contributed by atoms with van der Waals surface area (Å²) in [5.74, 6) is -0.569. The molecule has 82 valence electrons. The average molecular weight is 220 g/mol. The molecule has 0 aromatic carbocycles. The van der Waals surface area contributed by atoms with Gasteiger partial charge in [-0.1, -0.05) is 0 Å². The number of carbonyl (C=O) groups is 1. The smallest absolute Gasteiger partial charge is 0.250 e. The fraction of sp³-hybridized carbons (Fsp3) is 0.182. The van der Waals surface area contributed by atoms with Gasteiger partial charge < -0.3 is 9.36 Å². The van der Waals surface area contributed by atoms with E-state index in [1.54, 1.807) is 0 Å². The van der Waals surface area contributed by atoms with Crippen LogP contribution in [0.3, 0.4) is 0 Å². The van der Waals surface area contributed by atoms with Gasteiger partial charge in [0.05, 0.1) is 17.2 Å². The van der Waals surface area contributed by atoms with E-state index in [-0.39, 0.29) is 17.5 Å². The van der Waals surface area contributed by atoms with Crippen LogP contribution in [0.4, 0.5) is 4.39 Å². The summed E-state index contributed by atoms with van der Waals surface area (Å²) in [6, 6.07) is 2.88. The Morgan fingerprint density at radius 3 is 2.94 bits per heavy atom. The van der Waals surface area contributed by atoms with E-state index in [2.05, 4.69) is 4.98 Å². The van der Waals surface area contributed by atoms with Crippen LogP contribution >= 0.6 is 0 Å². The highest BCUT2D eigenvalue weighted by molar-refractivity contribution is 5.80. The van der Waals surface area contributed by atoms with Gasteiger partial charge in [0.1, 0.15) is 12.1 Å². The van der Waals surface area contributed by atoms with Crippen molar-refractivity contribution in [2.24, 2.45) is 7.05 Å². The molecular weight excluding hydrogens is 211 g/mol. The van der Waals surface area contributed by atoms with Gasteiger partial charge in [0.25, 0.3) is 5.56 Å². The van der Waals surface area contributed by atoms with Gasteiger partial charge in [-0.2, -0.15) is 0 Å². The third-order valence-corrected chi connectivity index (χ3v) is 2.47. The minimum atomic E-state index is -0.569. The van der Waals surface area contributed by atoms with E-state index < -0.39 is 5.82 Å². The maximum atomic E-state index is 13.5. The third kappa shape index (κ3) is 1.50. The molecule has 0 fully saturated rings. The predicted molar refractivity (Wildman–Crippen MR) is 56.7 cm³/mol. The molecule has 0 aliphatic heterocycles. The number of hydrogen-bond acceptors (Lipinski definition) is 3. The number of halogens is 1. The Bertz CT molecular complexity index is 619. The second-order valence-corrected chi connectivity index (χ2v) is 3.42. The monoisotopic (exact) mass is 220 g/mol. The topological polar surface area (TPSA) is 52.0 Å². The number of pyridine rings is 2. The summed E-state index contributed by atoms with van der Waals surface area (Å²) in [7, 11) is 1.53. The van der Waals surface area contributed by atoms with Crippen LogP contribution in [0.2, 0.25) is 0 Å². The standard InChI is InChI=1S/C11H9FN2O2/c1-14-10(16)3-2-9-11(14)7(4-5-15)8(12)6-13-9/h2-3,5-6H,4H2,1H3. The molecule has 0 bridgehead atoms. The lowest BCUT2D eigenvalue weighted by molar-refractivity contribution is -0.107. The van der Waals surface area contributed by atoms with Crippen molar-refractivity contribution >= 4 is 17.3 Å². The zero-order chi connectivity index (χ0) is 11.7. The molecular formula is C11H9FN2O2. The molecule has 0 aliphatic carbocycles. The van der Waals surface area contributed by atoms with Gasteiger partial charge in [0.2, 0.25) is 0 Å². The van der Waals surface area contributed by atoms with Gasteiger partial charge in [-0.15, -0.1) is 0 Å². The third-order valence-electron chi connectivity index (χ3n) is 2.47. The summed E-state index contributed by atoms with van der Waals surface area (Å²) in [5.41, 5.74) is 0.826. The van der Waals surface area contributed by atoms with E-state index >= 15 is 0 Å². The van der Waals surface area contributed by atoms with Gasteiger partial charge in [-0.3, -0.25) is 9.78 Å². The first kappa shape index (κ1) is 10.5. The Balaban J connectivity index is 2.94. The van der Waals surface area contributed by atoms with Crippen LogP contribution in [-0.2, 0) is 18.3 Å². The average Bonchev–Trinajstić information content (AvgIpc) is 2.27. The molecule has 2 aromatic rings. The highest BCUT2D eigenvalue weighted by atomic mass is 19.1. The maximum Gasteiger partial charge on any atom is 0.250 e. The highest BCUT2D eigenvalue weighted by Crippen LogP contribution is 2.17. The first-order chi connectivity index (χ1) is 7.65. The van der Waals surface area contributed by atoms with E-state index in [1.165, 1.54) is 23.7 Å². The molecule has 0 radical (unpaired) electrons. The summed E-state index contributed by atoms with van der Waals surface area (Å²) in [4.78, 5) is 25.8. The number of aryl methyl sites for hydroxylation is 1. The summed E-state index contributed by atoms with van der Waals surface area (Å²) < 4.78 is 14.8. The molecule has 0 saturated heterocycles. The molecule has 0 aliphatic rings. The number of nitrogens with zero attached hydrogens (tertiary/aromatic N) is 2. The van der Waals surface area contributed by atoms with Crippen molar-refractivity contribution in [3.05, 3.63) is 40.1 Å². The minimum absolute atomic E-state index is 0.0673. The second kappa shape index (κ2) is 3.84. The Morgan fingerprint density at radius 1 is 1.50 bits per heavy atom. The largest absolute Gasteiger partial charge is 0.309 e. The lowest BCUT2D eigenvalue weighted by atomic mass is 10.1. The van der Waals surface area contributed by atoms with E-state index in [4.69, 9.17) is 0 Å². The SMILES string of the molecule is Cn1c(=O)ccc2ncc(F)c(CC=O)c21. The van der Waals surface area contributed by atoms with Crippen LogP contribution in [0.15, 0.2) is 23.1 Å². The lowest BCUT2D eigenvalue weighted by Crippen LogP contribution is -2.17. The number of fused-ring (bicyclic) bond motifs is 1. The molecule has 0 atom stereocenters. The Hall–Kier alpha value is -2.04. The second-order valence-electron chi connectivity index (χ2n) is 3.42. The molecule has 16 heavy (non-hydrogen) atoms. The molecule has 2 heterocycles. The van der Waals surface area contributed by atoms with Crippen LogP contribution in [0, 0.1) is 5.82 Å². The van der Waals surface area contributed by atoms with E-state index in [0.29, 0.717) is 17.3 Å². The van der Waals surface area contributed by atoms with Crippen LogP contribution in [-0.4, -0.2) is 15.8 Å². The van der Waals surface area contributed by atoms with E-state index in [0.717, 1.165) is 6.20 Å². The minimum Gasteiger partial charge on any atom is -0.309 e. The predicted octanol–water partition coefficient (Wildman–Crippen LogP) is 0.814. The van der Waals surface area contributed by atoms with E-state index in [1.807, 2.05) is 0 Å². The summed E-state index contributed by atoms with van der Waals surface area (Å²) in [6.07, 6.45) is 1.60. The van der Waals surface area contributed by atoms with Crippen molar-refractivity contribution in [3.8, 4) is 0 Å². The van der Waals surface area contributed by atoms with Crippen LogP contribution in [0.1, 0.15) is 5.56 Å². The summed E-state index contributed by atoms with van der Waals surface area (Å²) in [6.45, 7) is 0. The van der Waals surface area contributed by atoms with Crippen molar-refractivity contribution in [3.63, 3.8) is 0 Å². The van der Waals surface area contributed by atoms with Gasteiger partial charge in [-0.25, -0.2) is 4.39 Å². The summed E-state index contributed by atoms with van der Waals surface area (Å²) in [5, 5.41) is 0.